The van der Waals surface area contributed by atoms with Gasteiger partial charge >= 0.3 is 5.97 Å². The number of hydrogen-bond donors (Lipinski definition) is 0. The number of aromatic nitrogens is 1. The Bertz CT molecular complexity index is 740. The Morgan fingerprint density at radius 2 is 1.91 bits per heavy atom. The smallest absolute Gasteiger partial charge is 0.279 e. The molecule has 2 rings (SSSR count). The molecule has 0 N–H and O–H groups in total. The van der Waals surface area contributed by atoms with Gasteiger partial charge in [0.1, 0.15) is 5.69 Å². The van der Waals surface area contributed by atoms with Crippen molar-refractivity contribution in [3.8, 4) is 11.8 Å². The van der Waals surface area contributed by atoms with Crippen LogP contribution in [-0.4, -0.2) is 11.0 Å². The van der Waals surface area contributed by atoms with E-state index in [1.807, 2.05) is 24.3 Å². The first-order chi connectivity index (χ1) is 10.6. The average molecular weight is 294 g/mol. The highest BCUT2D eigenvalue weighted by atomic mass is 16.7. The minimum atomic E-state index is -0.832. The molecule has 5 heteroatoms. The number of hydrogen-bond acceptors (Lipinski definition) is 5. The van der Waals surface area contributed by atoms with Gasteiger partial charge in [-0.2, -0.15) is 0 Å². The van der Waals surface area contributed by atoms with E-state index in [2.05, 4.69) is 40.9 Å². The van der Waals surface area contributed by atoms with Crippen molar-refractivity contribution in [3.05, 3.63) is 69.9 Å². The molecule has 0 saturated carbocycles. The second-order valence-electron chi connectivity index (χ2n) is 4.91. The Kier molecular flexibility index (Phi) is 4.99. The molecule has 1 heterocycles. The summed E-state index contributed by atoms with van der Waals surface area (Å²) < 4.78 is 0. The van der Waals surface area contributed by atoms with Gasteiger partial charge in [0.05, 0.1) is 5.56 Å². The third-order valence-electron chi connectivity index (χ3n) is 3.03. The SMILES string of the molecule is CC(C)c1ccc(C#Cc2cc(C(=O)ON=O)ccn2)cc1. The molecule has 0 fully saturated rings. The molecule has 0 aliphatic rings. The molecule has 0 spiro atoms. The number of benzene rings is 1. The molecular formula is C17H14N2O3. The monoisotopic (exact) mass is 294 g/mol. The molecule has 2 aromatic rings. The van der Waals surface area contributed by atoms with Crippen molar-refractivity contribution in [3.63, 3.8) is 0 Å². The van der Waals surface area contributed by atoms with E-state index in [9.17, 15) is 9.70 Å². The van der Waals surface area contributed by atoms with Gasteiger partial charge in [-0.25, -0.2) is 9.78 Å². The van der Waals surface area contributed by atoms with Crippen molar-refractivity contribution in [2.45, 2.75) is 19.8 Å². The summed E-state index contributed by atoms with van der Waals surface area (Å²) in [6, 6.07) is 10.8. The van der Waals surface area contributed by atoms with Gasteiger partial charge in [-0.15, -0.1) is 4.91 Å². The van der Waals surface area contributed by atoms with E-state index in [1.165, 1.54) is 23.9 Å². The van der Waals surface area contributed by atoms with E-state index in [0.717, 1.165) is 5.56 Å². The summed E-state index contributed by atoms with van der Waals surface area (Å²) in [5.74, 6) is 5.48. The number of rotatable bonds is 3. The zero-order valence-electron chi connectivity index (χ0n) is 12.2. The van der Waals surface area contributed by atoms with Crippen LogP contribution in [0.3, 0.4) is 0 Å². The van der Waals surface area contributed by atoms with Gasteiger partial charge in [-0.1, -0.05) is 31.9 Å². The lowest BCUT2D eigenvalue weighted by Gasteiger charge is -2.03. The van der Waals surface area contributed by atoms with E-state index >= 15 is 0 Å². The van der Waals surface area contributed by atoms with Crippen LogP contribution in [0.4, 0.5) is 0 Å². The Labute approximate surface area is 128 Å². The van der Waals surface area contributed by atoms with Crippen LogP contribution >= 0.6 is 0 Å². The van der Waals surface area contributed by atoms with Crippen LogP contribution in [0.5, 0.6) is 0 Å². The van der Waals surface area contributed by atoms with Crippen molar-refractivity contribution in [1.29, 1.82) is 0 Å². The Hall–Kier alpha value is -3.00. The van der Waals surface area contributed by atoms with Crippen LogP contribution < -0.4 is 0 Å². The van der Waals surface area contributed by atoms with Gasteiger partial charge in [0.25, 0.3) is 0 Å². The Morgan fingerprint density at radius 1 is 1.18 bits per heavy atom. The maximum absolute atomic E-state index is 11.4. The summed E-state index contributed by atoms with van der Waals surface area (Å²) in [7, 11) is 0. The van der Waals surface area contributed by atoms with Gasteiger partial charge in [0.2, 0.25) is 0 Å². The molecule has 0 aliphatic carbocycles. The van der Waals surface area contributed by atoms with Crippen molar-refractivity contribution < 1.29 is 9.63 Å². The minimum Gasteiger partial charge on any atom is -0.279 e. The summed E-state index contributed by atoms with van der Waals surface area (Å²) >= 11 is 0. The number of carbonyl (C=O) groups excluding carboxylic acids is 1. The van der Waals surface area contributed by atoms with Crippen molar-refractivity contribution in [2.75, 3.05) is 0 Å². The molecule has 0 bridgehead atoms. The van der Waals surface area contributed by atoms with E-state index in [4.69, 9.17) is 0 Å². The highest BCUT2D eigenvalue weighted by molar-refractivity contribution is 5.89. The molecule has 22 heavy (non-hydrogen) atoms. The molecule has 0 saturated heterocycles. The molecule has 5 nitrogen and oxygen atoms in total. The van der Waals surface area contributed by atoms with E-state index in [-0.39, 0.29) is 5.56 Å². The summed E-state index contributed by atoms with van der Waals surface area (Å²) in [4.78, 5) is 29.4. The van der Waals surface area contributed by atoms with Gasteiger partial charge < -0.3 is 0 Å². The number of carbonyl (C=O) groups is 1. The Morgan fingerprint density at radius 3 is 2.55 bits per heavy atom. The summed E-state index contributed by atoms with van der Waals surface area (Å²) in [6.45, 7) is 4.26. The first-order valence-corrected chi connectivity index (χ1v) is 6.72. The quantitative estimate of drug-likeness (QED) is 0.494. The predicted octanol–water partition coefficient (Wildman–Crippen LogP) is 3.44. The van der Waals surface area contributed by atoms with E-state index < -0.39 is 5.97 Å². The van der Waals surface area contributed by atoms with Crippen molar-refractivity contribution in [1.82, 2.24) is 4.98 Å². The molecule has 1 aromatic heterocycles. The first-order valence-electron chi connectivity index (χ1n) is 6.72. The lowest BCUT2D eigenvalue weighted by molar-refractivity contribution is 0.0508. The fraction of sp³-hybridized carbons (Fsp3) is 0.176. The molecule has 0 radical (unpaired) electrons. The zero-order chi connectivity index (χ0) is 15.9. The fourth-order valence-corrected chi connectivity index (χ4v) is 1.80. The Balaban J connectivity index is 2.19. The standard InChI is InChI=1S/C17H14N2O3/c1-12(2)14-6-3-13(4-7-14)5-8-16-11-15(9-10-18-16)17(20)22-19-21/h3-4,6-7,9-12H,1-2H3. The average Bonchev–Trinajstić information content (AvgIpc) is 2.54. The molecule has 1 aromatic carbocycles. The molecule has 0 atom stereocenters. The van der Waals surface area contributed by atoms with Gasteiger partial charge in [-0.3, -0.25) is 4.84 Å². The normalized spacial score (nSPS) is 9.77. The third kappa shape index (κ3) is 4.00. The lowest BCUT2D eigenvalue weighted by Crippen LogP contribution is -2.01. The van der Waals surface area contributed by atoms with E-state index in [1.54, 1.807) is 0 Å². The van der Waals surface area contributed by atoms with Crippen LogP contribution in [0.25, 0.3) is 0 Å². The second kappa shape index (κ2) is 7.14. The summed E-state index contributed by atoms with van der Waals surface area (Å²) in [5, 5.41) is 2.10. The van der Waals surface area contributed by atoms with E-state index in [0.29, 0.717) is 11.6 Å². The van der Waals surface area contributed by atoms with Crippen LogP contribution in [0.1, 0.15) is 46.9 Å². The molecule has 0 aliphatic heterocycles. The van der Waals surface area contributed by atoms with Gasteiger partial charge in [-0.05, 0) is 41.7 Å². The fourth-order valence-electron chi connectivity index (χ4n) is 1.80. The number of pyridine rings is 1. The van der Waals surface area contributed by atoms with Crippen LogP contribution in [0.2, 0.25) is 0 Å². The lowest BCUT2D eigenvalue weighted by atomic mass is 10.0. The maximum atomic E-state index is 11.4. The van der Waals surface area contributed by atoms with Crippen molar-refractivity contribution in [2.24, 2.45) is 5.34 Å². The number of nitrogens with zero attached hydrogens (tertiary/aromatic N) is 2. The molecular weight excluding hydrogens is 280 g/mol. The largest absolute Gasteiger partial charge is 0.369 e. The topological polar surface area (TPSA) is 68.6 Å². The summed E-state index contributed by atoms with van der Waals surface area (Å²) in [6.07, 6.45) is 1.42. The van der Waals surface area contributed by atoms with Gasteiger partial charge in [0, 0.05) is 11.8 Å². The predicted molar refractivity (Wildman–Crippen MR) is 82.0 cm³/mol. The van der Waals surface area contributed by atoms with Gasteiger partial charge in [0.15, 0.2) is 5.34 Å². The second-order valence-corrected chi connectivity index (χ2v) is 4.91. The summed E-state index contributed by atoms with van der Waals surface area (Å²) in [5.41, 5.74) is 2.69. The van der Waals surface area contributed by atoms with Crippen LogP contribution in [-0.2, 0) is 4.84 Å². The van der Waals surface area contributed by atoms with Crippen LogP contribution in [0, 0.1) is 16.7 Å². The third-order valence-corrected chi connectivity index (χ3v) is 3.03. The molecule has 0 unspecified atom stereocenters. The molecule has 0 amide bonds. The highest BCUT2D eigenvalue weighted by Crippen LogP contribution is 2.14. The minimum absolute atomic E-state index is 0.175. The zero-order valence-corrected chi connectivity index (χ0v) is 12.2. The van der Waals surface area contributed by atoms with Crippen LogP contribution in [0.15, 0.2) is 47.9 Å². The first kappa shape index (κ1) is 15.4. The highest BCUT2D eigenvalue weighted by Gasteiger charge is 2.08. The maximum Gasteiger partial charge on any atom is 0.369 e. The molecule has 110 valence electrons. The van der Waals surface area contributed by atoms with Crippen molar-refractivity contribution >= 4 is 5.97 Å².